The molecule has 7 nitrogen and oxygen atoms in total. The first-order chi connectivity index (χ1) is 13.2. The molecule has 2 aliphatic heterocycles. The van der Waals surface area contributed by atoms with Gasteiger partial charge in [0.15, 0.2) is 0 Å². The first kappa shape index (κ1) is 17.5. The third kappa shape index (κ3) is 4.10. The monoisotopic (exact) mass is 370 g/mol. The number of anilines is 3. The van der Waals surface area contributed by atoms with Crippen LogP contribution in [-0.2, 0) is 0 Å². The number of rotatable bonds is 3. The van der Waals surface area contributed by atoms with Gasteiger partial charge in [-0.2, -0.15) is 4.98 Å². The van der Waals surface area contributed by atoms with E-state index in [1.165, 1.54) is 25.0 Å². The van der Waals surface area contributed by atoms with Gasteiger partial charge in [0.2, 0.25) is 5.95 Å². The van der Waals surface area contributed by atoms with E-state index in [0.29, 0.717) is 31.9 Å². The van der Waals surface area contributed by atoms with Gasteiger partial charge in [0, 0.05) is 51.2 Å². The summed E-state index contributed by atoms with van der Waals surface area (Å²) in [6.07, 6.45) is 4.19. The molecule has 0 spiro atoms. The van der Waals surface area contributed by atoms with Gasteiger partial charge in [0.05, 0.1) is 0 Å². The Morgan fingerprint density at radius 2 is 1.63 bits per heavy atom. The van der Waals surface area contributed by atoms with Crippen molar-refractivity contribution >= 4 is 23.5 Å². The molecule has 3 heterocycles. The van der Waals surface area contributed by atoms with Gasteiger partial charge >= 0.3 is 6.03 Å². The van der Waals surface area contributed by atoms with Crippen molar-refractivity contribution in [3.05, 3.63) is 42.3 Å². The Bertz CT molecular complexity index is 785. The number of amides is 2. The van der Waals surface area contributed by atoms with Crippen molar-refractivity contribution in [2.45, 2.75) is 12.8 Å². The standard InChI is InChI=1S/C19H23FN6O/c20-15-3-5-16(6-4-15)22-19(27)26-13-11-24(12-14-26)17-7-8-21-18(23-17)25-9-1-2-10-25/h3-8H,1-2,9-14H2,(H,22,27). The van der Waals surface area contributed by atoms with Crippen LogP contribution in [0.2, 0.25) is 0 Å². The van der Waals surface area contributed by atoms with Crippen molar-refractivity contribution < 1.29 is 9.18 Å². The Labute approximate surface area is 157 Å². The van der Waals surface area contributed by atoms with Crippen LogP contribution < -0.4 is 15.1 Å². The Morgan fingerprint density at radius 1 is 0.926 bits per heavy atom. The third-order valence-corrected chi connectivity index (χ3v) is 5.00. The third-order valence-electron chi connectivity index (χ3n) is 5.00. The lowest BCUT2D eigenvalue weighted by molar-refractivity contribution is 0.208. The quantitative estimate of drug-likeness (QED) is 0.900. The van der Waals surface area contributed by atoms with Gasteiger partial charge in [-0.05, 0) is 43.2 Å². The summed E-state index contributed by atoms with van der Waals surface area (Å²) < 4.78 is 13.0. The summed E-state index contributed by atoms with van der Waals surface area (Å²) in [4.78, 5) is 27.7. The second-order valence-electron chi connectivity index (χ2n) is 6.82. The van der Waals surface area contributed by atoms with Crippen LogP contribution in [0.15, 0.2) is 36.5 Å². The highest BCUT2D eigenvalue weighted by molar-refractivity contribution is 5.89. The Morgan fingerprint density at radius 3 is 2.33 bits per heavy atom. The minimum atomic E-state index is -0.320. The van der Waals surface area contributed by atoms with Crippen molar-refractivity contribution in [2.24, 2.45) is 0 Å². The van der Waals surface area contributed by atoms with Crippen molar-refractivity contribution in [1.82, 2.24) is 14.9 Å². The lowest BCUT2D eigenvalue weighted by atomic mass is 10.3. The number of hydrogen-bond acceptors (Lipinski definition) is 5. The summed E-state index contributed by atoms with van der Waals surface area (Å²) in [7, 11) is 0. The van der Waals surface area contributed by atoms with Crippen LogP contribution >= 0.6 is 0 Å². The summed E-state index contributed by atoms with van der Waals surface area (Å²) in [5, 5.41) is 2.81. The summed E-state index contributed by atoms with van der Waals surface area (Å²) in [6.45, 7) is 4.67. The average Bonchev–Trinajstić information content (AvgIpc) is 3.25. The normalized spacial score (nSPS) is 17.3. The van der Waals surface area contributed by atoms with Gasteiger partial charge in [-0.3, -0.25) is 0 Å². The lowest BCUT2D eigenvalue weighted by Crippen LogP contribution is -2.50. The Hall–Kier alpha value is -2.90. The number of carbonyl (C=O) groups excluding carboxylic acids is 1. The summed E-state index contributed by atoms with van der Waals surface area (Å²) in [5.74, 6) is 1.38. The Kier molecular flexibility index (Phi) is 5.04. The second kappa shape index (κ2) is 7.77. The zero-order valence-corrected chi connectivity index (χ0v) is 15.1. The van der Waals surface area contributed by atoms with E-state index >= 15 is 0 Å². The highest BCUT2D eigenvalue weighted by atomic mass is 19.1. The molecule has 27 heavy (non-hydrogen) atoms. The molecule has 0 unspecified atom stereocenters. The maximum atomic E-state index is 13.0. The fourth-order valence-corrected chi connectivity index (χ4v) is 3.46. The second-order valence-corrected chi connectivity index (χ2v) is 6.82. The first-order valence-corrected chi connectivity index (χ1v) is 9.33. The van der Waals surface area contributed by atoms with Crippen LogP contribution in [0.1, 0.15) is 12.8 Å². The summed E-state index contributed by atoms with van der Waals surface area (Å²) in [5.41, 5.74) is 0.592. The van der Waals surface area contributed by atoms with Crippen LogP contribution in [0.5, 0.6) is 0 Å². The van der Waals surface area contributed by atoms with Crippen LogP contribution in [0.4, 0.5) is 26.6 Å². The van der Waals surface area contributed by atoms with Crippen molar-refractivity contribution in [1.29, 1.82) is 0 Å². The molecule has 2 amide bonds. The van der Waals surface area contributed by atoms with E-state index in [2.05, 4.69) is 20.1 Å². The number of carbonyl (C=O) groups is 1. The van der Waals surface area contributed by atoms with Gasteiger partial charge in [-0.15, -0.1) is 0 Å². The van der Waals surface area contributed by atoms with Gasteiger partial charge < -0.3 is 20.0 Å². The van der Waals surface area contributed by atoms with Gasteiger partial charge in [0.1, 0.15) is 11.6 Å². The molecule has 0 radical (unpaired) electrons. The number of nitrogens with one attached hydrogen (secondary N) is 1. The molecule has 0 atom stereocenters. The van der Waals surface area contributed by atoms with Crippen molar-refractivity contribution in [3.8, 4) is 0 Å². The highest BCUT2D eigenvalue weighted by Gasteiger charge is 2.23. The highest BCUT2D eigenvalue weighted by Crippen LogP contribution is 2.20. The molecule has 0 bridgehead atoms. The van der Waals surface area contributed by atoms with E-state index in [9.17, 15) is 9.18 Å². The molecule has 2 saturated heterocycles. The van der Waals surface area contributed by atoms with Crippen molar-refractivity contribution in [3.63, 3.8) is 0 Å². The lowest BCUT2D eigenvalue weighted by Gasteiger charge is -2.35. The first-order valence-electron chi connectivity index (χ1n) is 9.33. The number of nitrogens with zero attached hydrogens (tertiary/aromatic N) is 5. The largest absolute Gasteiger partial charge is 0.353 e. The molecule has 142 valence electrons. The smallest absolute Gasteiger partial charge is 0.321 e. The molecule has 1 N–H and O–H groups in total. The number of halogens is 1. The van der Waals surface area contributed by atoms with Crippen LogP contribution in [0.25, 0.3) is 0 Å². The number of aromatic nitrogens is 2. The zero-order valence-electron chi connectivity index (χ0n) is 15.1. The number of piperazine rings is 1. The van der Waals surface area contributed by atoms with Crippen LogP contribution in [0, 0.1) is 5.82 Å². The molecule has 0 aliphatic carbocycles. The minimum absolute atomic E-state index is 0.165. The Balaban J connectivity index is 1.34. The van der Waals surface area contributed by atoms with Gasteiger partial charge in [-0.1, -0.05) is 0 Å². The van der Waals surface area contributed by atoms with Gasteiger partial charge in [0.25, 0.3) is 0 Å². The fourth-order valence-electron chi connectivity index (χ4n) is 3.46. The molecular formula is C19H23FN6O. The van der Waals surface area contributed by atoms with E-state index in [-0.39, 0.29) is 11.8 Å². The van der Waals surface area contributed by atoms with Crippen LogP contribution in [-0.4, -0.2) is 60.2 Å². The SMILES string of the molecule is O=C(Nc1ccc(F)cc1)N1CCN(c2ccnc(N3CCCC3)n2)CC1. The van der Waals surface area contributed by atoms with E-state index in [1.54, 1.807) is 17.0 Å². The van der Waals surface area contributed by atoms with Crippen molar-refractivity contribution in [2.75, 3.05) is 54.4 Å². The summed E-state index contributed by atoms with van der Waals surface area (Å²) >= 11 is 0. The molecule has 2 aromatic rings. The van der Waals surface area contributed by atoms with E-state index < -0.39 is 0 Å². The average molecular weight is 370 g/mol. The van der Waals surface area contributed by atoms with Crippen LogP contribution in [0.3, 0.4) is 0 Å². The predicted octanol–water partition coefficient (Wildman–Crippen LogP) is 2.57. The number of urea groups is 1. The molecule has 8 heteroatoms. The number of benzene rings is 1. The molecule has 1 aromatic carbocycles. The fraction of sp³-hybridized carbons (Fsp3) is 0.421. The predicted molar refractivity (Wildman–Crippen MR) is 103 cm³/mol. The van der Waals surface area contributed by atoms with E-state index in [0.717, 1.165) is 24.9 Å². The molecule has 1 aromatic heterocycles. The molecular weight excluding hydrogens is 347 g/mol. The zero-order chi connectivity index (χ0) is 18.6. The summed E-state index contributed by atoms with van der Waals surface area (Å²) in [6, 6.07) is 7.55. The topological polar surface area (TPSA) is 64.6 Å². The molecule has 4 rings (SSSR count). The maximum Gasteiger partial charge on any atom is 0.321 e. The molecule has 2 aliphatic rings. The number of hydrogen-bond donors (Lipinski definition) is 1. The molecule has 0 saturated carbocycles. The van der Waals surface area contributed by atoms with E-state index in [1.807, 2.05) is 12.3 Å². The van der Waals surface area contributed by atoms with Gasteiger partial charge in [-0.25, -0.2) is 14.2 Å². The molecule has 2 fully saturated rings. The van der Waals surface area contributed by atoms with E-state index in [4.69, 9.17) is 4.98 Å². The minimum Gasteiger partial charge on any atom is -0.353 e. The maximum absolute atomic E-state index is 13.0.